The van der Waals surface area contributed by atoms with Crippen molar-refractivity contribution in [1.29, 1.82) is 0 Å². The molecule has 1 N–H and O–H groups in total. The van der Waals surface area contributed by atoms with Crippen LogP contribution in [0.3, 0.4) is 0 Å². The number of phenols is 1. The van der Waals surface area contributed by atoms with Gasteiger partial charge in [-0.25, -0.2) is 0 Å². The molecule has 0 aliphatic carbocycles. The van der Waals surface area contributed by atoms with E-state index in [1.807, 2.05) is 17.0 Å². The lowest BCUT2D eigenvalue weighted by molar-refractivity contribution is -0.00369. The highest BCUT2D eigenvalue weighted by atomic mass is 16.5. The van der Waals surface area contributed by atoms with Gasteiger partial charge in [0.15, 0.2) is 5.69 Å². The maximum absolute atomic E-state index is 13.0. The summed E-state index contributed by atoms with van der Waals surface area (Å²) in [5.74, 6) is 1.01. The van der Waals surface area contributed by atoms with Gasteiger partial charge >= 0.3 is 0 Å². The molecule has 1 aromatic heterocycles. The highest BCUT2D eigenvalue weighted by Gasteiger charge is 2.54. The Hall–Kier alpha value is -2.34. The molecule has 0 radical (unpaired) electrons. The molecule has 0 spiro atoms. The number of likely N-dealkylation sites (tertiary alicyclic amines) is 1. The summed E-state index contributed by atoms with van der Waals surface area (Å²) in [6.07, 6.45) is 3.75. The summed E-state index contributed by atoms with van der Waals surface area (Å²) in [7, 11) is 0. The SMILES string of the molecule is O=C(c1ccon1)N1C[C@@H](c2cccc(O)c2)[C@@H]2[C@H]1C1CCN2CC1. The lowest BCUT2D eigenvalue weighted by atomic mass is 9.75. The number of fused-ring (bicyclic) bond motifs is 2. The monoisotopic (exact) mass is 339 g/mol. The van der Waals surface area contributed by atoms with E-state index in [1.165, 1.54) is 6.26 Å². The lowest BCUT2D eigenvalue weighted by Gasteiger charge is -2.51. The number of benzene rings is 1. The normalized spacial score (nSPS) is 33.4. The summed E-state index contributed by atoms with van der Waals surface area (Å²) in [6.45, 7) is 2.87. The smallest absolute Gasteiger partial charge is 0.276 e. The van der Waals surface area contributed by atoms with Crippen molar-refractivity contribution in [3.8, 4) is 5.75 Å². The minimum absolute atomic E-state index is 0.0415. The van der Waals surface area contributed by atoms with Crippen LogP contribution in [0.5, 0.6) is 5.75 Å². The van der Waals surface area contributed by atoms with Gasteiger partial charge in [0, 0.05) is 24.6 Å². The molecule has 6 nitrogen and oxygen atoms in total. The number of aromatic nitrogens is 1. The molecular weight excluding hydrogens is 318 g/mol. The zero-order valence-corrected chi connectivity index (χ0v) is 13.9. The summed E-state index contributed by atoms with van der Waals surface area (Å²) >= 11 is 0. The molecule has 4 aliphatic rings. The Bertz CT molecular complexity index is 783. The molecule has 25 heavy (non-hydrogen) atoms. The first-order valence-electron chi connectivity index (χ1n) is 8.97. The molecule has 1 aromatic carbocycles. The molecule has 6 rings (SSSR count). The quantitative estimate of drug-likeness (QED) is 0.907. The van der Waals surface area contributed by atoms with Gasteiger partial charge in [0.2, 0.25) is 0 Å². The summed E-state index contributed by atoms with van der Waals surface area (Å²) < 4.78 is 4.88. The fourth-order valence-electron chi connectivity index (χ4n) is 5.17. The third-order valence-corrected chi connectivity index (χ3v) is 6.21. The van der Waals surface area contributed by atoms with Gasteiger partial charge in [-0.15, -0.1) is 0 Å². The van der Waals surface area contributed by atoms with Crippen LogP contribution < -0.4 is 0 Å². The second-order valence-corrected chi connectivity index (χ2v) is 7.40. The van der Waals surface area contributed by atoms with Crippen molar-refractivity contribution in [1.82, 2.24) is 15.0 Å². The molecule has 3 atom stereocenters. The molecule has 2 aromatic rings. The highest BCUT2D eigenvalue weighted by molar-refractivity contribution is 5.92. The van der Waals surface area contributed by atoms with Crippen LogP contribution in [0.15, 0.2) is 41.1 Å². The second-order valence-electron chi connectivity index (χ2n) is 7.40. The molecule has 4 saturated heterocycles. The summed E-state index contributed by atoms with van der Waals surface area (Å²) in [4.78, 5) is 17.6. The van der Waals surface area contributed by atoms with Gasteiger partial charge in [0.1, 0.15) is 12.0 Å². The molecular formula is C19H21N3O3. The number of rotatable bonds is 2. The van der Waals surface area contributed by atoms with E-state index < -0.39 is 0 Å². The van der Waals surface area contributed by atoms with E-state index in [0.717, 1.165) is 31.5 Å². The van der Waals surface area contributed by atoms with Gasteiger partial charge in [-0.05, 0) is 49.5 Å². The molecule has 0 saturated carbocycles. The first-order valence-corrected chi connectivity index (χ1v) is 8.97. The van der Waals surface area contributed by atoms with E-state index in [2.05, 4.69) is 16.1 Å². The molecule has 0 unspecified atom stereocenters. The maximum atomic E-state index is 13.0. The Morgan fingerprint density at radius 3 is 2.76 bits per heavy atom. The number of carbonyl (C=O) groups is 1. The van der Waals surface area contributed by atoms with Crippen LogP contribution >= 0.6 is 0 Å². The van der Waals surface area contributed by atoms with Gasteiger partial charge in [0.05, 0.1) is 6.04 Å². The summed E-state index contributed by atoms with van der Waals surface area (Å²) in [6, 6.07) is 9.67. The summed E-state index contributed by atoms with van der Waals surface area (Å²) in [5.41, 5.74) is 1.49. The lowest BCUT2D eigenvalue weighted by Crippen LogP contribution is -2.60. The van der Waals surface area contributed by atoms with Gasteiger partial charge < -0.3 is 14.5 Å². The van der Waals surface area contributed by atoms with Crippen molar-refractivity contribution in [3.05, 3.63) is 47.9 Å². The maximum Gasteiger partial charge on any atom is 0.276 e. The van der Waals surface area contributed by atoms with Crippen molar-refractivity contribution in [2.24, 2.45) is 5.92 Å². The van der Waals surface area contributed by atoms with E-state index in [-0.39, 0.29) is 23.6 Å². The molecule has 4 fully saturated rings. The van der Waals surface area contributed by atoms with Crippen molar-refractivity contribution in [2.75, 3.05) is 19.6 Å². The van der Waals surface area contributed by atoms with Crippen LogP contribution in [-0.2, 0) is 0 Å². The largest absolute Gasteiger partial charge is 0.508 e. The predicted octanol–water partition coefficient (Wildman–Crippen LogP) is 2.08. The van der Waals surface area contributed by atoms with Crippen molar-refractivity contribution < 1.29 is 14.4 Å². The zero-order chi connectivity index (χ0) is 17.0. The Morgan fingerprint density at radius 2 is 2.04 bits per heavy atom. The highest BCUT2D eigenvalue weighted by Crippen LogP contribution is 2.47. The van der Waals surface area contributed by atoms with Gasteiger partial charge in [0.25, 0.3) is 5.91 Å². The fourth-order valence-corrected chi connectivity index (χ4v) is 5.17. The van der Waals surface area contributed by atoms with Crippen molar-refractivity contribution in [2.45, 2.75) is 30.8 Å². The molecule has 2 bridgehead atoms. The zero-order valence-electron chi connectivity index (χ0n) is 13.9. The van der Waals surface area contributed by atoms with Crippen molar-refractivity contribution in [3.63, 3.8) is 0 Å². The predicted molar refractivity (Wildman–Crippen MR) is 90.3 cm³/mol. The topological polar surface area (TPSA) is 69.8 Å². The second kappa shape index (κ2) is 5.59. The standard InChI is InChI=1S/C19H21N3O3/c23-14-3-1-2-13(10-14)15-11-22(19(24)16-6-9-25-20-16)17-12-4-7-21(8-5-12)18(15)17/h1-3,6,9-10,12,15,17-18,23H,4-5,7-8,11H2/t15-,17+,18+/m0/s1. The number of aromatic hydroxyl groups is 1. The molecule has 6 heteroatoms. The van der Waals surface area contributed by atoms with Crippen LogP contribution in [0.25, 0.3) is 0 Å². The minimum atomic E-state index is -0.0415. The molecule has 130 valence electrons. The van der Waals surface area contributed by atoms with Crippen LogP contribution in [0.1, 0.15) is 34.8 Å². The Morgan fingerprint density at radius 1 is 1.20 bits per heavy atom. The van der Waals surface area contributed by atoms with Gasteiger partial charge in [-0.1, -0.05) is 17.3 Å². The number of nitrogens with zero attached hydrogens (tertiary/aromatic N) is 3. The van der Waals surface area contributed by atoms with Crippen molar-refractivity contribution >= 4 is 5.91 Å². The first-order chi connectivity index (χ1) is 12.2. The fraction of sp³-hybridized carbons (Fsp3) is 0.474. The Balaban J connectivity index is 1.54. The van der Waals surface area contributed by atoms with Crippen LogP contribution in [0, 0.1) is 5.92 Å². The molecule has 4 aliphatic heterocycles. The summed E-state index contributed by atoms with van der Waals surface area (Å²) in [5, 5.41) is 13.8. The average Bonchev–Trinajstić information content (AvgIpc) is 3.31. The van der Waals surface area contributed by atoms with Crippen LogP contribution in [0.2, 0.25) is 0 Å². The third kappa shape index (κ3) is 2.28. The number of hydrogen-bond donors (Lipinski definition) is 1. The number of carbonyl (C=O) groups excluding carboxylic acids is 1. The third-order valence-electron chi connectivity index (χ3n) is 6.21. The molecule has 5 heterocycles. The van der Waals surface area contributed by atoms with E-state index in [9.17, 15) is 9.90 Å². The van der Waals surface area contributed by atoms with E-state index in [0.29, 0.717) is 24.2 Å². The van der Waals surface area contributed by atoms with E-state index in [4.69, 9.17) is 4.52 Å². The minimum Gasteiger partial charge on any atom is -0.508 e. The van der Waals surface area contributed by atoms with Crippen LogP contribution in [0.4, 0.5) is 0 Å². The number of phenolic OH excluding ortho intramolecular Hbond substituents is 1. The van der Waals surface area contributed by atoms with Gasteiger partial charge in [-0.3, -0.25) is 9.69 Å². The average molecular weight is 339 g/mol. The Kier molecular flexibility index (Phi) is 3.35. The van der Waals surface area contributed by atoms with Gasteiger partial charge in [-0.2, -0.15) is 0 Å². The number of amides is 1. The van der Waals surface area contributed by atoms with E-state index in [1.54, 1.807) is 12.1 Å². The van der Waals surface area contributed by atoms with Crippen LogP contribution in [-0.4, -0.2) is 57.7 Å². The number of piperidine rings is 3. The Labute approximate surface area is 146 Å². The first kappa shape index (κ1) is 15.0. The molecule has 1 amide bonds. The number of hydrogen-bond acceptors (Lipinski definition) is 5. The van der Waals surface area contributed by atoms with E-state index >= 15 is 0 Å².